The Bertz CT molecular complexity index is 973. The van der Waals surface area contributed by atoms with Gasteiger partial charge in [-0.1, -0.05) is 23.7 Å². The number of halogens is 1. The number of aromatic nitrogens is 1. The first-order chi connectivity index (χ1) is 14.6. The maximum absolute atomic E-state index is 13.0. The summed E-state index contributed by atoms with van der Waals surface area (Å²) in [7, 11) is 0. The topological polar surface area (TPSA) is 83.0 Å². The highest BCUT2D eigenvalue weighted by atomic mass is 35.5. The smallest absolute Gasteiger partial charge is 0.295 e. The van der Waals surface area contributed by atoms with Crippen LogP contribution in [0.25, 0.3) is 5.76 Å². The molecule has 1 aromatic carbocycles. The number of carbonyl (C=O) groups is 2. The van der Waals surface area contributed by atoms with Crippen LogP contribution >= 0.6 is 11.6 Å². The molecule has 2 saturated heterocycles. The number of nitrogens with zero attached hydrogens (tertiary/aromatic N) is 3. The average Bonchev–Trinajstić information content (AvgIpc) is 3.03. The Morgan fingerprint density at radius 3 is 2.57 bits per heavy atom. The Morgan fingerprint density at radius 1 is 1.13 bits per heavy atom. The fourth-order valence-electron chi connectivity index (χ4n) is 3.87. The van der Waals surface area contributed by atoms with Gasteiger partial charge in [0.1, 0.15) is 5.76 Å². The molecule has 2 fully saturated rings. The fourth-order valence-corrected chi connectivity index (χ4v) is 4.07. The van der Waals surface area contributed by atoms with Crippen molar-refractivity contribution in [3.8, 4) is 0 Å². The van der Waals surface area contributed by atoms with Crippen LogP contribution in [0.3, 0.4) is 0 Å². The summed E-state index contributed by atoms with van der Waals surface area (Å²) in [5.41, 5.74) is 1.18. The first-order valence-corrected chi connectivity index (χ1v) is 10.2. The summed E-state index contributed by atoms with van der Waals surface area (Å²) in [6.07, 6.45) is 3.05. The highest BCUT2D eigenvalue weighted by Gasteiger charge is 2.46. The van der Waals surface area contributed by atoms with Crippen molar-refractivity contribution in [2.45, 2.75) is 6.04 Å². The molecule has 30 heavy (non-hydrogen) atoms. The van der Waals surface area contributed by atoms with E-state index in [4.69, 9.17) is 16.3 Å². The molecule has 1 N–H and O–H groups in total. The van der Waals surface area contributed by atoms with E-state index in [1.54, 1.807) is 30.3 Å². The molecular weight excluding hydrogens is 406 g/mol. The highest BCUT2D eigenvalue weighted by Crippen LogP contribution is 2.39. The molecule has 2 aromatic rings. The molecule has 156 valence electrons. The van der Waals surface area contributed by atoms with Gasteiger partial charge in [0.15, 0.2) is 0 Å². The number of hydrogen-bond acceptors (Lipinski definition) is 6. The Balaban J connectivity index is 1.73. The number of aliphatic hydroxyl groups is 1. The van der Waals surface area contributed by atoms with E-state index in [1.807, 2.05) is 6.07 Å². The summed E-state index contributed by atoms with van der Waals surface area (Å²) in [4.78, 5) is 33.6. The van der Waals surface area contributed by atoms with E-state index < -0.39 is 17.7 Å². The Morgan fingerprint density at radius 2 is 1.87 bits per heavy atom. The van der Waals surface area contributed by atoms with Gasteiger partial charge in [0.2, 0.25) is 0 Å². The number of rotatable bonds is 5. The molecule has 0 radical (unpaired) electrons. The standard InChI is InChI=1S/C22H22ClN3O4/c23-17-3-1-2-16(14-17)19-18(20(27)15-4-6-24-7-5-15)21(28)22(29)26(19)9-8-25-10-12-30-13-11-25/h1-7,14,19,27H,8-13H2/b20-18+. The molecule has 1 aromatic heterocycles. The van der Waals surface area contributed by atoms with Gasteiger partial charge in [0.05, 0.1) is 24.8 Å². The van der Waals surface area contributed by atoms with Gasteiger partial charge in [0, 0.05) is 49.2 Å². The van der Waals surface area contributed by atoms with Crippen molar-refractivity contribution in [3.63, 3.8) is 0 Å². The summed E-state index contributed by atoms with van der Waals surface area (Å²) in [5.74, 6) is -1.53. The minimum absolute atomic E-state index is 0.0652. The van der Waals surface area contributed by atoms with Crippen LogP contribution in [0.5, 0.6) is 0 Å². The molecule has 1 unspecified atom stereocenters. The average molecular weight is 428 g/mol. The van der Waals surface area contributed by atoms with Crippen LogP contribution in [-0.2, 0) is 14.3 Å². The predicted octanol–water partition coefficient (Wildman–Crippen LogP) is 2.49. The van der Waals surface area contributed by atoms with Gasteiger partial charge in [0.25, 0.3) is 11.7 Å². The summed E-state index contributed by atoms with van der Waals surface area (Å²) < 4.78 is 5.37. The van der Waals surface area contributed by atoms with E-state index in [0.29, 0.717) is 42.5 Å². The Labute approximate surface area is 179 Å². The van der Waals surface area contributed by atoms with Crippen molar-refractivity contribution in [1.29, 1.82) is 0 Å². The van der Waals surface area contributed by atoms with Gasteiger partial charge in [-0.15, -0.1) is 0 Å². The van der Waals surface area contributed by atoms with Crippen molar-refractivity contribution in [3.05, 3.63) is 70.5 Å². The van der Waals surface area contributed by atoms with Gasteiger partial charge in [-0.25, -0.2) is 0 Å². The van der Waals surface area contributed by atoms with Crippen molar-refractivity contribution >= 4 is 29.1 Å². The van der Waals surface area contributed by atoms with Gasteiger partial charge in [-0.3, -0.25) is 19.5 Å². The van der Waals surface area contributed by atoms with E-state index in [2.05, 4.69) is 9.88 Å². The molecule has 0 spiro atoms. The number of pyridine rings is 1. The number of benzene rings is 1. The van der Waals surface area contributed by atoms with E-state index >= 15 is 0 Å². The summed E-state index contributed by atoms with van der Waals surface area (Å²) in [6.45, 7) is 3.83. The third-order valence-electron chi connectivity index (χ3n) is 5.42. The molecule has 0 bridgehead atoms. The first kappa shape index (κ1) is 20.5. The molecule has 4 rings (SSSR count). The number of ether oxygens (including phenoxy) is 1. The molecule has 7 nitrogen and oxygen atoms in total. The van der Waals surface area contributed by atoms with E-state index in [1.165, 1.54) is 17.3 Å². The zero-order valence-corrected chi connectivity index (χ0v) is 17.1. The lowest BCUT2D eigenvalue weighted by Gasteiger charge is -2.31. The first-order valence-electron chi connectivity index (χ1n) is 9.80. The number of amides is 1. The van der Waals surface area contributed by atoms with Crippen LogP contribution in [-0.4, -0.2) is 71.0 Å². The maximum Gasteiger partial charge on any atom is 0.295 e. The van der Waals surface area contributed by atoms with Gasteiger partial charge in [-0.05, 0) is 29.8 Å². The number of likely N-dealkylation sites (tertiary alicyclic amines) is 1. The number of morpholine rings is 1. The molecule has 2 aliphatic heterocycles. The van der Waals surface area contributed by atoms with Crippen LogP contribution < -0.4 is 0 Å². The lowest BCUT2D eigenvalue weighted by Crippen LogP contribution is -2.42. The van der Waals surface area contributed by atoms with Crippen LogP contribution in [0.2, 0.25) is 5.02 Å². The summed E-state index contributed by atoms with van der Waals surface area (Å²) in [5, 5.41) is 11.4. The molecule has 1 amide bonds. The number of carbonyl (C=O) groups excluding carboxylic acids is 2. The summed E-state index contributed by atoms with van der Waals surface area (Å²) >= 11 is 6.19. The molecule has 2 aliphatic rings. The molecular formula is C22H22ClN3O4. The minimum Gasteiger partial charge on any atom is -0.507 e. The number of hydrogen-bond donors (Lipinski definition) is 1. The molecule has 3 heterocycles. The van der Waals surface area contributed by atoms with Crippen molar-refractivity contribution in [1.82, 2.24) is 14.8 Å². The number of Topliss-reactive ketones (excluding diaryl/α,β-unsaturated/α-hetero) is 1. The van der Waals surface area contributed by atoms with Gasteiger partial charge in [-0.2, -0.15) is 0 Å². The lowest BCUT2D eigenvalue weighted by atomic mass is 9.95. The second-order valence-electron chi connectivity index (χ2n) is 7.24. The third-order valence-corrected chi connectivity index (χ3v) is 5.65. The molecule has 1 atom stereocenters. The monoisotopic (exact) mass is 427 g/mol. The predicted molar refractivity (Wildman–Crippen MR) is 112 cm³/mol. The van der Waals surface area contributed by atoms with Gasteiger partial charge >= 0.3 is 0 Å². The Kier molecular flexibility index (Phi) is 6.13. The zero-order chi connectivity index (χ0) is 21.1. The second-order valence-corrected chi connectivity index (χ2v) is 7.67. The highest BCUT2D eigenvalue weighted by molar-refractivity contribution is 6.46. The lowest BCUT2D eigenvalue weighted by molar-refractivity contribution is -0.140. The third kappa shape index (κ3) is 4.09. The fraction of sp³-hybridized carbons (Fsp3) is 0.318. The van der Waals surface area contributed by atoms with Crippen LogP contribution in [0, 0.1) is 0 Å². The molecule has 0 aliphatic carbocycles. The van der Waals surface area contributed by atoms with Crippen molar-refractivity contribution in [2.24, 2.45) is 0 Å². The number of aliphatic hydroxyl groups excluding tert-OH is 1. The van der Waals surface area contributed by atoms with Crippen LogP contribution in [0.4, 0.5) is 0 Å². The van der Waals surface area contributed by atoms with Crippen molar-refractivity contribution in [2.75, 3.05) is 39.4 Å². The Hall–Kier alpha value is -2.74. The SMILES string of the molecule is O=C1C(=O)N(CCN2CCOCC2)C(c2cccc(Cl)c2)/C1=C(\O)c1ccncc1. The van der Waals surface area contributed by atoms with Crippen LogP contribution in [0.1, 0.15) is 17.2 Å². The zero-order valence-electron chi connectivity index (χ0n) is 16.3. The van der Waals surface area contributed by atoms with Crippen LogP contribution in [0.15, 0.2) is 54.4 Å². The molecule has 0 saturated carbocycles. The second kappa shape index (κ2) is 8.95. The van der Waals surface area contributed by atoms with Crippen molar-refractivity contribution < 1.29 is 19.4 Å². The van der Waals surface area contributed by atoms with E-state index in [0.717, 1.165) is 13.1 Å². The number of ketones is 1. The van der Waals surface area contributed by atoms with E-state index in [-0.39, 0.29) is 11.3 Å². The maximum atomic E-state index is 13.0. The minimum atomic E-state index is -0.710. The largest absolute Gasteiger partial charge is 0.507 e. The summed E-state index contributed by atoms with van der Waals surface area (Å²) in [6, 6.07) is 9.53. The van der Waals surface area contributed by atoms with E-state index in [9.17, 15) is 14.7 Å². The quantitative estimate of drug-likeness (QED) is 0.448. The van der Waals surface area contributed by atoms with Gasteiger partial charge < -0.3 is 14.7 Å². The normalized spacial score (nSPS) is 21.9. The molecule has 8 heteroatoms.